The zero-order valence-electron chi connectivity index (χ0n) is 10.9. The van der Waals surface area contributed by atoms with Crippen LogP contribution in [0.3, 0.4) is 0 Å². The van der Waals surface area contributed by atoms with Gasteiger partial charge in [0, 0.05) is 13.2 Å². The zero-order chi connectivity index (χ0) is 13.9. The highest BCUT2D eigenvalue weighted by atomic mass is 32.2. The summed E-state index contributed by atoms with van der Waals surface area (Å²) in [6.45, 7) is 5.81. The molecule has 1 heterocycles. The first kappa shape index (κ1) is 15.4. The van der Waals surface area contributed by atoms with Gasteiger partial charge in [-0.2, -0.15) is 0 Å². The summed E-state index contributed by atoms with van der Waals surface area (Å²) in [7, 11) is -2.05. The van der Waals surface area contributed by atoms with Crippen molar-refractivity contribution in [2.24, 2.45) is 5.92 Å². The standard InChI is InChI=1S/C10H19N3O3S2/c1-6(2)8(5-16-4)13-18(14,15)9-7(3)12-10(11)17-9/h6,8,13H,5H2,1-4H3,(H2,11,12). The Kier molecular flexibility index (Phi) is 5.09. The van der Waals surface area contributed by atoms with Crippen molar-refractivity contribution in [1.29, 1.82) is 0 Å². The molecule has 0 spiro atoms. The van der Waals surface area contributed by atoms with Gasteiger partial charge in [0.1, 0.15) is 0 Å². The lowest BCUT2D eigenvalue weighted by atomic mass is 10.1. The van der Waals surface area contributed by atoms with Gasteiger partial charge in [-0.25, -0.2) is 18.1 Å². The van der Waals surface area contributed by atoms with Crippen LogP contribution in [0.25, 0.3) is 0 Å². The van der Waals surface area contributed by atoms with Crippen LogP contribution in [-0.4, -0.2) is 33.2 Å². The molecule has 1 atom stereocenters. The molecule has 8 heteroatoms. The highest BCUT2D eigenvalue weighted by Gasteiger charge is 2.26. The van der Waals surface area contributed by atoms with Crippen molar-refractivity contribution in [3.63, 3.8) is 0 Å². The number of rotatable bonds is 6. The van der Waals surface area contributed by atoms with Crippen LogP contribution in [0.15, 0.2) is 4.21 Å². The van der Waals surface area contributed by atoms with E-state index in [0.717, 1.165) is 11.3 Å². The largest absolute Gasteiger partial charge is 0.383 e. The molecule has 0 fully saturated rings. The summed E-state index contributed by atoms with van der Waals surface area (Å²) < 4.78 is 32.2. The number of thiazole rings is 1. The molecule has 18 heavy (non-hydrogen) atoms. The van der Waals surface area contributed by atoms with Crippen LogP contribution >= 0.6 is 11.3 Å². The third kappa shape index (κ3) is 3.64. The van der Waals surface area contributed by atoms with Gasteiger partial charge in [-0.15, -0.1) is 0 Å². The molecule has 0 saturated heterocycles. The maximum Gasteiger partial charge on any atom is 0.252 e. The van der Waals surface area contributed by atoms with E-state index in [1.165, 1.54) is 0 Å². The smallest absolute Gasteiger partial charge is 0.252 e. The normalized spacial score (nSPS) is 14.1. The van der Waals surface area contributed by atoms with Crippen molar-refractivity contribution in [2.45, 2.75) is 31.0 Å². The highest BCUT2D eigenvalue weighted by Crippen LogP contribution is 2.25. The summed E-state index contributed by atoms with van der Waals surface area (Å²) in [5.74, 6) is 0.130. The Labute approximate surface area is 112 Å². The van der Waals surface area contributed by atoms with E-state index in [1.807, 2.05) is 13.8 Å². The molecule has 0 saturated carbocycles. The van der Waals surface area contributed by atoms with Gasteiger partial charge in [0.2, 0.25) is 0 Å². The van der Waals surface area contributed by atoms with E-state index in [1.54, 1.807) is 14.0 Å². The molecule has 1 aromatic heterocycles. The monoisotopic (exact) mass is 293 g/mol. The lowest BCUT2D eigenvalue weighted by molar-refractivity contribution is 0.157. The number of aromatic nitrogens is 1. The van der Waals surface area contributed by atoms with Crippen molar-refractivity contribution in [3.8, 4) is 0 Å². The number of methoxy groups -OCH3 is 1. The second-order valence-electron chi connectivity index (χ2n) is 4.35. The first-order chi connectivity index (χ1) is 8.27. The minimum absolute atomic E-state index is 0.130. The second kappa shape index (κ2) is 5.96. The fourth-order valence-electron chi connectivity index (χ4n) is 1.45. The summed E-state index contributed by atoms with van der Waals surface area (Å²) in [6.07, 6.45) is 0. The SMILES string of the molecule is COCC(NS(=O)(=O)c1sc(N)nc1C)C(C)C. The summed E-state index contributed by atoms with van der Waals surface area (Å²) in [5.41, 5.74) is 5.94. The lowest BCUT2D eigenvalue weighted by Gasteiger charge is -2.20. The van der Waals surface area contributed by atoms with E-state index in [0.29, 0.717) is 12.3 Å². The third-order valence-corrected chi connectivity index (χ3v) is 5.56. The molecule has 1 aromatic rings. The Morgan fingerprint density at radius 1 is 1.50 bits per heavy atom. The number of hydrogen-bond acceptors (Lipinski definition) is 6. The number of nitrogens with zero attached hydrogens (tertiary/aromatic N) is 1. The summed E-state index contributed by atoms with van der Waals surface area (Å²) in [4.78, 5) is 3.92. The Morgan fingerprint density at radius 2 is 2.11 bits per heavy atom. The zero-order valence-corrected chi connectivity index (χ0v) is 12.6. The summed E-state index contributed by atoms with van der Waals surface area (Å²) >= 11 is 0.968. The maximum atomic E-state index is 12.2. The van der Waals surface area contributed by atoms with E-state index in [9.17, 15) is 8.42 Å². The van der Waals surface area contributed by atoms with Gasteiger partial charge >= 0.3 is 0 Å². The third-order valence-electron chi connectivity index (χ3n) is 2.47. The van der Waals surface area contributed by atoms with Gasteiger partial charge in [-0.3, -0.25) is 0 Å². The van der Waals surface area contributed by atoms with Crippen LogP contribution < -0.4 is 10.5 Å². The van der Waals surface area contributed by atoms with Crippen LogP contribution in [0, 0.1) is 12.8 Å². The van der Waals surface area contributed by atoms with Gasteiger partial charge < -0.3 is 10.5 Å². The van der Waals surface area contributed by atoms with E-state index >= 15 is 0 Å². The number of anilines is 1. The molecule has 0 aromatic carbocycles. The van der Waals surface area contributed by atoms with Crippen molar-refractivity contribution in [2.75, 3.05) is 19.5 Å². The van der Waals surface area contributed by atoms with Crippen LogP contribution in [0.5, 0.6) is 0 Å². The first-order valence-electron chi connectivity index (χ1n) is 5.52. The fourth-order valence-corrected chi connectivity index (χ4v) is 4.13. The molecule has 0 aliphatic carbocycles. The number of nitrogens with one attached hydrogen (secondary N) is 1. The molecule has 1 rings (SSSR count). The lowest BCUT2D eigenvalue weighted by Crippen LogP contribution is -2.41. The van der Waals surface area contributed by atoms with Gasteiger partial charge in [-0.1, -0.05) is 25.2 Å². The molecule has 0 amide bonds. The molecule has 6 nitrogen and oxygen atoms in total. The quantitative estimate of drug-likeness (QED) is 0.815. The molecule has 0 bridgehead atoms. The van der Waals surface area contributed by atoms with Gasteiger partial charge in [0.15, 0.2) is 9.34 Å². The van der Waals surface area contributed by atoms with Crippen LogP contribution in [0.2, 0.25) is 0 Å². The number of nitrogens with two attached hydrogens (primary N) is 1. The minimum atomic E-state index is -3.59. The number of hydrogen-bond donors (Lipinski definition) is 2. The topological polar surface area (TPSA) is 94.3 Å². The second-order valence-corrected chi connectivity index (χ2v) is 7.29. The number of sulfonamides is 1. The van der Waals surface area contributed by atoms with Gasteiger partial charge in [0.05, 0.1) is 12.3 Å². The van der Waals surface area contributed by atoms with Crippen LogP contribution in [0.4, 0.5) is 5.13 Å². The first-order valence-corrected chi connectivity index (χ1v) is 7.82. The summed E-state index contributed by atoms with van der Waals surface area (Å²) in [6, 6.07) is -0.275. The van der Waals surface area contributed by atoms with Gasteiger partial charge in [0.25, 0.3) is 10.0 Å². The fraction of sp³-hybridized carbons (Fsp3) is 0.700. The van der Waals surface area contributed by atoms with E-state index < -0.39 is 10.0 Å². The average Bonchev–Trinajstić information content (AvgIpc) is 2.57. The molecule has 1 unspecified atom stereocenters. The van der Waals surface area contributed by atoms with E-state index in [2.05, 4.69) is 9.71 Å². The van der Waals surface area contributed by atoms with Crippen molar-refractivity contribution in [1.82, 2.24) is 9.71 Å². The summed E-state index contributed by atoms with van der Waals surface area (Å²) in [5, 5.41) is 0.251. The van der Waals surface area contributed by atoms with Crippen LogP contribution in [-0.2, 0) is 14.8 Å². The van der Waals surface area contributed by atoms with Crippen LogP contribution in [0.1, 0.15) is 19.5 Å². The average molecular weight is 293 g/mol. The number of nitrogen functional groups attached to an aromatic ring is 1. The predicted octanol–water partition coefficient (Wildman–Crippen LogP) is 0.983. The molecule has 0 aliphatic heterocycles. The highest BCUT2D eigenvalue weighted by molar-refractivity contribution is 7.91. The molecular formula is C10H19N3O3S2. The Balaban J connectivity index is 2.97. The molecule has 0 aliphatic rings. The Bertz CT molecular complexity index is 496. The Hall–Kier alpha value is -0.700. The maximum absolute atomic E-state index is 12.2. The minimum Gasteiger partial charge on any atom is -0.383 e. The van der Waals surface area contributed by atoms with Crippen molar-refractivity contribution < 1.29 is 13.2 Å². The van der Waals surface area contributed by atoms with Gasteiger partial charge in [-0.05, 0) is 12.8 Å². The molecule has 3 N–H and O–H groups in total. The predicted molar refractivity (Wildman–Crippen MR) is 72.1 cm³/mol. The molecular weight excluding hydrogens is 274 g/mol. The van der Waals surface area contributed by atoms with E-state index in [4.69, 9.17) is 10.5 Å². The number of aryl methyl sites for hydroxylation is 1. The molecule has 0 radical (unpaired) electrons. The number of ether oxygens (including phenoxy) is 1. The molecule has 104 valence electrons. The van der Waals surface area contributed by atoms with E-state index in [-0.39, 0.29) is 21.3 Å². The Morgan fingerprint density at radius 3 is 2.50 bits per heavy atom. The van der Waals surface area contributed by atoms with Crippen molar-refractivity contribution in [3.05, 3.63) is 5.69 Å². The van der Waals surface area contributed by atoms with Crippen molar-refractivity contribution >= 4 is 26.5 Å².